The third-order valence-corrected chi connectivity index (χ3v) is 4.61. The molecule has 0 aliphatic carbocycles. The van der Waals surface area contributed by atoms with Crippen molar-refractivity contribution in [1.29, 1.82) is 0 Å². The second-order valence-corrected chi connectivity index (χ2v) is 6.38. The number of nitrogens with one attached hydrogen (secondary N) is 1. The fourth-order valence-electron chi connectivity index (χ4n) is 3.19. The van der Waals surface area contributed by atoms with Gasteiger partial charge in [0.1, 0.15) is 5.75 Å². The summed E-state index contributed by atoms with van der Waals surface area (Å²) in [6.45, 7) is 5.02. The predicted molar refractivity (Wildman–Crippen MR) is 105 cm³/mol. The number of benzene rings is 2. The molecule has 1 atom stereocenters. The van der Waals surface area contributed by atoms with Crippen LogP contribution in [-0.4, -0.2) is 49.9 Å². The third kappa shape index (κ3) is 4.93. The Balaban J connectivity index is 1.75. The first-order valence-electron chi connectivity index (χ1n) is 9.04. The first kappa shape index (κ1) is 19.1. The van der Waals surface area contributed by atoms with Gasteiger partial charge in [0.15, 0.2) is 0 Å². The van der Waals surface area contributed by atoms with Gasteiger partial charge in [-0.2, -0.15) is 5.10 Å². The lowest BCUT2D eigenvalue weighted by atomic mass is 10.0. The monoisotopic (exact) mass is 367 g/mol. The Labute approximate surface area is 159 Å². The van der Waals surface area contributed by atoms with Gasteiger partial charge in [-0.1, -0.05) is 30.3 Å². The van der Waals surface area contributed by atoms with Crippen LogP contribution in [0.15, 0.2) is 59.7 Å². The predicted octanol–water partition coefficient (Wildman–Crippen LogP) is 2.87. The van der Waals surface area contributed by atoms with Crippen LogP contribution in [0.4, 0.5) is 0 Å². The molecule has 6 nitrogen and oxygen atoms in total. The molecule has 1 amide bonds. The minimum absolute atomic E-state index is 0.00580. The Kier molecular flexibility index (Phi) is 6.57. The highest BCUT2D eigenvalue weighted by molar-refractivity contribution is 5.96. The summed E-state index contributed by atoms with van der Waals surface area (Å²) in [5.41, 5.74) is 5.20. The number of nitrogens with zero attached hydrogens (tertiary/aromatic N) is 2. The number of carbonyl (C=O) groups excluding carboxylic acids is 1. The number of hydrogen-bond acceptors (Lipinski definition) is 5. The number of carbonyl (C=O) groups is 1. The van der Waals surface area contributed by atoms with Crippen molar-refractivity contribution < 1.29 is 14.3 Å². The van der Waals surface area contributed by atoms with E-state index in [-0.39, 0.29) is 11.9 Å². The van der Waals surface area contributed by atoms with Crippen molar-refractivity contribution in [2.24, 2.45) is 5.10 Å². The van der Waals surface area contributed by atoms with Crippen LogP contribution in [0.5, 0.6) is 5.75 Å². The van der Waals surface area contributed by atoms with Gasteiger partial charge in [-0.3, -0.25) is 9.69 Å². The van der Waals surface area contributed by atoms with Gasteiger partial charge in [-0.05, 0) is 36.8 Å². The molecule has 27 heavy (non-hydrogen) atoms. The number of hydrazone groups is 1. The Morgan fingerprint density at radius 2 is 1.78 bits per heavy atom. The SMILES string of the molecule is COc1ccc(C(=O)N/N=C(/C)[C@@H](c2ccccc2)N2CCOCC2)cc1. The first-order valence-corrected chi connectivity index (χ1v) is 9.04. The van der Waals surface area contributed by atoms with Crippen molar-refractivity contribution >= 4 is 11.6 Å². The standard InChI is InChI=1S/C21H25N3O3/c1-16(22-23-21(25)18-8-10-19(26-2)11-9-18)20(17-6-4-3-5-7-17)24-12-14-27-15-13-24/h3-11,20H,12-15H2,1-2H3,(H,23,25)/b22-16-/t20-/m0/s1. The van der Waals surface area contributed by atoms with Crippen LogP contribution in [0.1, 0.15) is 28.9 Å². The van der Waals surface area contributed by atoms with Crippen molar-refractivity contribution in [2.45, 2.75) is 13.0 Å². The van der Waals surface area contributed by atoms with E-state index < -0.39 is 0 Å². The molecule has 2 aromatic carbocycles. The number of hydrogen-bond donors (Lipinski definition) is 1. The Morgan fingerprint density at radius 3 is 2.41 bits per heavy atom. The zero-order valence-corrected chi connectivity index (χ0v) is 15.7. The smallest absolute Gasteiger partial charge is 0.271 e. The summed E-state index contributed by atoms with van der Waals surface area (Å²) < 4.78 is 10.6. The summed E-state index contributed by atoms with van der Waals surface area (Å²) in [5.74, 6) is 0.466. The quantitative estimate of drug-likeness (QED) is 0.630. The highest BCUT2D eigenvalue weighted by atomic mass is 16.5. The summed E-state index contributed by atoms with van der Waals surface area (Å²) in [6, 6.07) is 17.2. The average Bonchev–Trinajstić information content (AvgIpc) is 2.74. The molecule has 142 valence electrons. The molecule has 1 aliphatic heterocycles. The Morgan fingerprint density at radius 1 is 1.11 bits per heavy atom. The number of rotatable bonds is 6. The van der Waals surface area contributed by atoms with Crippen molar-refractivity contribution in [3.63, 3.8) is 0 Å². The van der Waals surface area contributed by atoms with Gasteiger partial charge in [0.25, 0.3) is 5.91 Å². The van der Waals surface area contributed by atoms with Crippen molar-refractivity contribution in [3.8, 4) is 5.75 Å². The van der Waals surface area contributed by atoms with Crippen LogP contribution in [0.2, 0.25) is 0 Å². The molecule has 1 aliphatic rings. The maximum absolute atomic E-state index is 12.4. The lowest BCUT2D eigenvalue weighted by molar-refractivity contribution is 0.0285. The van der Waals surface area contributed by atoms with E-state index >= 15 is 0 Å². The van der Waals surface area contributed by atoms with E-state index in [4.69, 9.17) is 9.47 Å². The summed E-state index contributed by atoms with van der Waals surface area (Å²) in [7, 11) is 1.60. The second kappa shape index (κ2) is 9.30. The van der Waals surface area contributed by atoms with Gasteiger partial charge in [0.2, 0.25) is 0 Å². The molecule has 0 aromatic heterocycles. The molecular formula is C21H25N3O3. The molecule has 2 aromatic rings. The largest absolute Gasteiger partial charge is 0.497 e. The van der Waals surface area contributed by atoms with Crippen LogP contribution in [0, 0.1) is 0 Å². The fourth-order valence-corrected chi connectivity index (χ4v) is 3.19. The molecule has 3 rings (SSSR count). The summed E-state index contributed by atoms with van der Waals surface area (Å²) >= 11 is 0. The van der Waals surface area contributed by atoms with Gasteiger partial charge in [-0.15, -0.1) is 0 Å². The van der Waals surface area contributed by atoms with E-state index in [2.05, 4.69) is 27.6 Å². The number of amides is 1. The number of ether oxygens (including phenoxy) is 2. The normalized spacial score (nSPS) is 16.6. The third-order valence-electron chi connectivity index (χ3n) is 4.61. The van der Waals surface area contributed by atoms with Gasteiger partial charge < -0.3 is 9.47 Å². The summed E-state index contributed by atoms with van der Waals surface area (Å²) in [5, 5.41) is 4.40. The second-order valence-electron chi connectivity index (χ2n) is 6.38. The zero-order chi connectivity index (χ0) is 19.1. The van der Waals surface area contributed by atoms with Crippen LogP contribution in [0.3, 0.4) is 0 Å². The van der Waals surface area contributed by atoms with E-state index in [1.807, 2.05) is 25.1 Å². The van der Waals surface area contributed by atoms with Crippen LogP contribution >= 0.6 is 0 Å². The van der Waals surface area contributed by atoms with Crippen molar-refractivity contribution in [3.05, 3.63) is 65.7 Å². The fraction of sp³-hybridized carbons (Fsp3) is 0.333. The van der Waals surface area contributed by atoms with E-state index in [0.29, 0.717) is 24.5 Å². The van der Waals surface area contributed by atoms with Crippen LogP contribution in [0.25, 0.3) is 0 Å². The highest BCUT2D eigenvalue weighted by Gasteiger charge is 2.25. The van der Waals surface area contributed by atoms with E-state index in [0.717, 1.165) is 24.4 Å². The Hall–Kier alpha value is -2.70. The van der Waals surface area contributed by atoms with E-state index in [1.54, 1.807) is 31.4 Å². The number of morpholine rings is 1. The maximum atomic E-state index is 12.4. The van der Waals surface area contributed by atoms with Gasteiger partial charge >= 0.3 is 0 Å². The van der Waals surface area contributed by atoms with Gasteiger partial charge in [0, 0.05) is 18.7 Å². The molecule has 0 bridgehead atoms. The molecule has 6 heteroatoms. The van der Waals surface area contributed by atoms with Crippen LogP contribution in [-0.2, 0) is 4.74 Å². The number of methoxy groups -OCH3 is 1. The summed E-state index contributed by atoms with van der Waals surface area (Å²) in [4.78, 5) is 14.7. The molecule has 1 N–H and O–H groups in total. The van der Waals surface area contributed by atoms with E-state index in [1.165, 1.54) is 0 Å². The molecule has 0 saturated carbocycles. The van der Waals surface area contributed by atoms with Gasteiger partial charge in [0.05, 0.1) is 32.1 Å². The molecule has 1 fully saturated rings. The first-order chi connectivity index (χ1) is 13.2. The maximum Gasteiger partial charge on any atom is 0.271 e. The van der Waals surface area contributed by atoms with Crippen molar-refractivity contribution in [2.75, 3.05) is 33.4 Å². The Bertz CT molecular complexity index is 769. The molecule has 0 unspecified atom stereocenters. The molecular weight excluding hydrogens is 342 g/mol. The minimum atomic E-state index is -0.245. The van der Waals surface area contributed by atoms with Gasteiger partial charge in [-0.25, -0.2) is 5.43 Å². The zero-order valence-electron chi connectivity index (χ0n) is 15.7. The lowest BCUT2D eigenvalue weighted by Gasteiger charge is -2.34. The molecule has 1 heterocycles. The lowest BCUT2D eigenvalue weighted by Crippen LogP contribution is -2.42. The summed E-state index contributed by atoms with van der Waals surface area (Å²) in [6.07, 6.45) is 0. The molecule has 1 saturated heterocycles. The average molecular weight is 367 g/mol. The molecule has 0 radical (unpaired) electrons. The van der Waals surface area contributed by atoms with Crippen LogP contribution < -0.4 is 10.2 Å². The highest BCUT2D eigenvalue weighted by Crippen LogP contribution is 2.23. The van der Waals surface area contributed by atoms with Crippen molar-refractivity contribution in [1.82, 2.24) is 10.3 Å². The minimum Gasteiger partial charge on any atom is -0.497 e. The topological polar surface area (TPSA) is 63.2 Å². The molecule has 0 spiro atoms. The van der Waals surface area contributed by atoms with E-state index in [9.17, 15) is 4.79 Å².